The Morgan fingerprint density at radius 3 is 2.55 bits per heavy atom. The molecule has 1 nitrogen and oxygen atoms in total. The van der Waals surface area contributed by atoms with Crippen LogP contribution < -0.4 is 5.32 Å². The Labute approximate surface area is 116 Å². The SMILES string of the molecule is CC#CCCC(NCC)c1cc(F)ccc1C(F)(F)F. The number of hydrogen-bond donors (Lipinski definition) is 1. The van der Waals surface area contributed by atoms with Gasteiger partial charge in [-0.15, -0.1) is 11.8 Å². The Kier molecular flexibility index (Phi) is 6.03. The normalized spacial score (nSPS) is 12.7. The van der Waals surface area contributed by atoms with Gasteiger partial charge in [0.25, 0.3) is 0 Å². The Hall–Kier alpha value is -1.54. The fraction of sp³-hybridized carbons (Fsp3) is 0.467. The summed E-state index contributed by atoms with van der Waals surface area (Å²) < 4.78 is 52.3. The summed E-state index contributed by atoms with van der Waals surface area (Å²) in [6.07, 6.45) is -3.63. The molecule has 1 N–H and O–H groups in total. The highest BCUT2D eigenvalue weighted by molar-refractivity contribution is 5.33. The minimum absolute atomic E-state index is 0.0581. The van der Waals surface area contributed by atoms with Crippen molar-refractivity contribution >= 4 is 0 Å². The van der Waals surface area contributed by atoms with E-state index in [4.69, 9.17) is 0 Å². The smallest absolute Gasteiger partial charge is 0.310 e. The molecule has 1 aromatic rings. The quantitative estimate of drug-likeness (QED) is 0.629. The average Bonchev–Trinajstić information content (AvgIpc) is 2.36. The highest BCUT2D eigenvalue weighted by Crippen LogP contribution is 2.36. The van der Waals surface area contributed by atoms with E-state index >= 15 is 0 Å². The van der Waals surface area contributed by atoms with Crippen molar-refractivity contribution in [2.75, 3.05) is 6.54 Å². The van der Waals surface area contributed by atoms with Gasteiger partial charge in [0.1, 0.15) is 5.82 Å². The molecule has 0 aromatic heterocycles. The minimum Gasteiger partial charge on any atom is -0.310 e. The molecule has 20 heavy (non-hydrogen) atoms. The number of rotatable bonds is 5. The third kappa shape index (κ3) is 4.53. The molecule has 0 amide bonds. The van der Waals surface area contributed by atoms with Gasteiger partial charge in [0.15, 0.2) is 0 Å². The number of alkyl halides is 3. The Balaban J connectivity index is 3.15. The van der Waals surface area contributed by atoms with E-state index in [1.54, 1.807) is 13.8 Å². The zero-order chi connectivity index (χ0) is 15.2. The first-order chi connectivity index (χ1) is 9.40. The Bertz CT molecular complexity index is 497. The van der Waals surface area contributed by atoms with E-state index in [1.807, 2.05) is 0 Å². The second kappa shape index (κ2) is 7.30. The largest absolute Gasteiger partial charge is 0.416 e. The predicted octanol–water partition coefficient (Wildman–Crippen LogP) is 4.30. The maximum atomic E-state index is 13.3. The summed E-state index contributed by atoms with van der Waals surface area (Å²) in [5.41, 5.74) is -0.855. The van der Waals surface area contributed by atoms with Gasteiger partial charge < -0.3 is 5.32 Å². The van der Waals surface area contributed by atoms with Gasteiger partial charge in [-0.1, -0.05) is 6.92 Å². The van der Waals surface area contributed by atoms with Gasteiger partial charge in [-0.2, -0.15) is 13.2 Å². The highest BCUT2D eigenvalue weighted by Gasteiger charge is 2.35. The van der Waals surface area contributed by atoms with E-state index in [9.17, 15) is 17.6 Å². The second-order valence-electron chi connectivity index (χ2n) is 4.31. The lowest BCUT2D eigenvalue weighted by Crippen LogP contribution is -2.24. The third-order valence-electron chi connectivity index (χ3n) is 2.88. The van der Waals surface area contributed by atoms with Gasteiger partial charge in [0.2, 0.25) is 0 Å². The highest BCUT2D eigenvalue weighted by atomic mass is 19.4. The van der Waals surface area contributed by atoms with E-state index in [0.29, 0.717) is 19.4 Å². The summed E-state index contributed by atoms with van der Waals surface area (Å²) in [6, 6.07) is 2.02. The number of halogens is 4. The Morgan fingerprint density at radius 1 is 1.30 bits per heavy atom. The van der Waals surface area contributed by atoms with Gasteiger partial charge in [0, 0.05) is 12.5 Å². The first-order valence-electron chi connectivity index (χ1n) is 6.39. The summed E-state index contributed by atoms with van der Waals surface area (Å²) in [7, 11) is 0. The molecule has 0 spiro atoms. The maximum Gasteiger partial charge on any atom is 0.416 e. The van der Waals surface area contributed by atoms with Crippen LogP contribution in [0.1, 0.15) is 43.9 Å². The maximum absolute atomic E-state index is 13.3. The Morgan fingerprint density at radius 2 is 2.00 bits per heavy atom. The molecule has 0 aliphatic heterocycles. The summed E-state index contributed by atoms with van der Waals surface area (Å²) in [5.74, 6) is 4.84. The van der Waals surface area contributed by atoms with Gasteiger partial charge in [-0.25, -0.2) is 4.39 Å². The van der Waals surface area contributed by atoms with Gasteiger partial charge in [-0.3, -0.25) is 0 Å². The van der Waals surface area contributed by atoms with Crippen molar-refractivity contribution in [1.29, 1.82) is 0 Å². The van der Waals surface area contributed by atoms with E-state index in [-0.39, 0.29) is 5.56 Å². The van der Waals surface area contributed by atoms with Crippen LogP contribution in [0.5, 0.6) is 0 Å². The van der Waals surface area contributed by atoms with E-state index in [0.717, 1.165) is 18.2 Å². The van der Waals surface area contributed by atoms with Crippen LogP contribution in [0, 0.1) is 17.7 Å². The molecule has 1 unspecified atom stereocenters. The van der Waals surface area contributed by atoms with Crippen LogP contribution in [0.3, 0.4) is 0 Å². The topological polar surface area (TPSA) is 12.0 Å². The van der Waals surface area contributed by atoms with Gasteiger partial charge in [-0.05, 0) is 43.7 Å². The van der Waals surface area contributed by atoms with Crippen LogP contribution in [-0.4, -0.2) is 6.54 Å². The molecule has 0 radical (unpaired) electrons. The molecule has 0 aliphatic rings. The van der Waals surface area contributed by atoms with Crippen LogP contribution >= 0.6 is 0 Å². The van der Waals surface area contributed by atoms with Crippen LogP contribution in [0.4, 0.5) is 17.6 Å². The molecular formula is C15H17F4N. The first kappa shape index (κ1) is 16.5. The van der Waals surface area contributed by atoms with Crippen molar-refractivity contribution in [3.8, 4) is 11.8 Å². The number of nitrogens with one attached hydrogen (secondary N) is 1. The molecule has 1 rings (SSSR count). The molecular weight excluding hydrogens is 270 g/mol. The molecule has 0 aliphatic carbocycles. The fourth-order valence-corrected chi connectivity index (χ4v) is 2.04. The predicted molar refractivity (Wildman–Crippen MR) is 70.5 cm³/mol. The lowest BCUT2D eigenvalue weighted by molar-refractivity contribution is -0.138. The van der Waals surface area contributed by atoms with E-state index in [1.165, 1.54) is 0 Å². The number of benzene rings is 1. The summed E-state index contributed by atoms with van der Waals surface area (Å²) in [5, 5.41) is 2.96. The summed E-state index contributed by atoms with van der Waals surface area (Å²) in [6.45, 7) is 3.97. The van der Waals surface area contributed by atoms with Crippen LogP contribution in [0.25, 0.3) is 0 Å². The molecule has 0 saturated carbocycles. The van der Waals surface area contributed by atoms with E-state index in [2.05, 4.69) is 17.2 Å². The first-order valence-corrected chi connectivity index (χ1v) is 6.39. The van der Waals surface area contributed by atoms with Gasteiger partial charge >= 0.3 is 6.18 Å². The molecule has 0 heterocycles. The molecule has 0 bridgehead atoms. The molecule has 0 saturated heterocycles. The zero-order valence-corrected chi connectivity index (χ0v) is 11.4. The van der Waals surface area contributed by atoms with Crippen LogP contribution in [-0.2, 0) is 6.18 Å². The molecule has 110 valence electrons. The van der Waals surface area contributed by atoms with Crippen LogP contribution in [0.2, 0.25) is 0 Å². The molecule has 0 fully saturated rings. The van der Waals surface area contributed by atoms with Crippen molar-refractivity contribution < 1.29 is 17.6 Å². The third-order valence-corrected chi connectivity index (χ3v) is 2.88. The molecule has 1 atom stereocenters. The second-order valence-corrected chi connectivity index (χ2v) is 4.31. The lowest BCUT2D eigenvalue weighted by Gasteiger charge is -2.22. The summed E-state index contributed by atoms with van der Waals surface area (Å²) in [4.78, 5) is 0. The average molecular weight is 287 g/mol. The lowest BCUT2D eigenvalue weighted by atomic mass is 9.96. The van der Waals surface area contributed by atoms with E-state index < -0.39 is 23.6 Å². The fourth-order valence-electron chi connectivity index (χ4n) is 2.04. The summed E-state index contributed by atoms with van der Waals surface area (Å²) >= 11 is 0. The molecule has 5 heteroatoms. The molecule has 1 aromatic carbocycles. The van der Waals surface area contributed by atoms with Crippen molar-refractivity contribution in [3.63, 3.8) is 0 Å². The zero-order valence-electron chi connectivity index (χ0n) is 11.4. The minimum atomic E-state index is -4.49. The van der Waals surface area contributed by atoms with Gasteiger partial charge in [0.05, 0.1) is 5.56 Å². The monoisotopic (exact) mass is 287 g/mol. The van der Waals surface area contributed by atoms with Crippen molar-refractivity contribution in [2.45, 2.75) is 38.9 Å². The van der Waals surface area contributed by atoms with Crippen molar-refractivity contribution in [2.24, 2.45) is 0 Å². The van der Waals surface area contributed by atoms with Crippen LogP contribution in [0.15, 0.2) is 18.2 Å². The van der Waals surface area contributed by atoms with Crippen molar-refractivity contribution in [1.82, 2.24) is 5.32 Å². The number of hydrogen-bond acceptors (Lipinski definition) is 1. The van der Waals surface area contributed by atoms with Crippen molar-refractivity contribution in [3.05, 3.63) is 35.1 Å². The standard InChI is InChI=1S/C15H17F4N/c1-3-5-6-7-14(20-4-2)12-10-11(16)8-9-13(12)15(17,18)19/h8-10,14,20H,4,6-7H2,1-2H3.